The van der Waals surface area contributed by atoms with Crippen molar-refractivity contribution in [1.29, 1.82) is 0 Å². The van der Waals surface area contributed by atoms with E-state index in [4.69, 9.17) is 12.2 Å². The van der Waals surface area contributed by atoms with Crippen LogP contribution in [0.25, 0.3) is 0 Å². The van der Waals surface area contributed by atoms with Crippen molar-refractivity contribution < 1.29 is 9.59 Å². The third-order valence-electron chi connectivity index (χ3n) is 3.62. The molecule has 0 radical (unpaired) electrons. The summed E-state index contributed by atoms with van der Waals surface area (Å²) < 4.78 is 0. The summed E-state index contributed by atoms with van der Waals surface area (Å²) in [5, 5.41) is 6.01. The van der Waals surface area contributed by atoms with Crippen molar-refractivity contribution >= 4 is 35.4 Å². The fraction of sp³-hybridized carbons (Fsp3) is 0.692. The first kappa shape index (κ1) is 16.0. The summed E-state index contributed by atoms with van der Waals surface area (Å²) in [5.41, 5.74) is 0. The molecule has 0 spiro atoms. The molecule has 0 aromatic heterocycles. The lowest BCUT2D eigenvalue weighted by Crippen LogP contribution is -2.58. The van der Waals surface area contributed by atoms with Gasteiger partial charge in [0.25, 0.3) is 0 Å². The topological polar surface area (TPSA) is 77.0 Å². The van der Waals surface area contributed by atoms with E-state index < -0.39 is 5.92 Å². The Morgan fingerprint density at radius 1 is 1.38 bits per heavy atom. The van der Waals surface area contributed by atoms with Crippen LogP contribution < -0.4 is 10.6 Å². The van der Waals surface area contributed by atoms with Gasteiger partial charge in [0, 0.05) is 45.5 Å². The maximum atomic E-state index is 12.1. The van der Waals surface area contributed by atoms with Crippen LogP contribution in [0.3, 0.4) is 0 Å². The predicted octanol–water partition coefficient (Wildman–Crippen LogP) is -1.16. The molecular weight excluding hydrogens is 290 g/mol. The van der Waals surface area contributed by atoms with Gasteiger partial charge in [0.2, 0.25) is 11.8 Å². The second-order valence-corrected chi connectivity index (χ2v) is 5.39. The fourth-order valence-electron chi connectivity index (χ4n) is 2.38. The van der Waals surface area contributed by atoms with Gasteiger partial charge in [0.15, 0.2) is 11.0 Å². The Balaban J connectivity index is 1.85. The minimum atomic E-state index is -0.861. The molecule has 2 saturated heterocycles. The van der Waals surface area contributed by atoms with Gasteiger partial charge in [0.1, 0.15) is 0 Å². The summed E-state index contributed by atoms with van der Waals surface area (Å²) >= 11 is 4.97. The molecule has 0 unspecified atom stereocenters. The lowest BCUT2D eigenvalue weighted by Gasteiger charge is -2.30. The Labute approximate surface area is 129 Å². The zero-order chi connectivity index (χ0) is 15.2. The number of hydrogen-bond donors (Lipinski definition) is 2. The number of hydrogen-bond acceptors (Lipinski definition) is 6. The fourth-order valence-corrected chi connectivity index (χ4v) is 2.70. The molecule has 2 fully saturated rings. The third kappa shape index (κ3) is 4.05. The van der Waals surface area contributed by atoms with Crippen LogP contribution in [0.4, 0.5) is 0 Å². The van der Waals surface area contributed by atoms with Crippen LogP contribution >= 0.6 is 12.2 Å². The van der Waals surface area contributed by atoms with Crippen molar-refractivity contribution in [2.45, 2.75) is 6.92 Å². The molecule has 7 nitrogen and oxygen atoms in total. The van der Waals surface area contributed by atoms with Gasteiger partial charge in [-0.15, -0.1) is 0 Å². The molecule has 1 atom stereocenters. The molecular formula is C13H21N5O2S. The van der Waals surface area contributed by atoms with Crippen LogP contribution in [-0.4, -0.2) is 78.8 Å². The summed E-state index contributed by atoms with van der Waals surface area (Å²) in [6.45, 7) is 7.71. The normalized spacial score (nSPS) is 24.7. The minimum absolute atomic E-state index is 0.179. The van der Waals surface area contributed by atoms with Gasteiger partial charge in [-0.1, -0.05) is 0 Å². The first-order valence-corrected chi connectivity index (χ1v) is 7.63. The number of carbonyl (C=O) groups is 2. The van der Waals surface area contributed by atoms with Gasteiger partial charge in [-0.05, 0) is 19.1 Å². The monoisotopic (exact) mass is 311 g/mol. The third-order valence-corrected chi connectivity index (χ3v) is 3.94. The molecule has 0 bridgehead atoms. The Kier molecular flexibility index (Phi) is 5.77. The number of piperazine rings is 1. The smallest absolute Gasteiger partial charge is 0.246 e. The van der Waals surface area contributed by atoms with Crippen molar-refractivity contribution in [3.63, 3.8) is 0 Å². The summed E-state index contributed by atoms with van der Waals surface area (Å²) in [4.78, 5) is 31.9. The van der Waals surface area contributed by atoms with Crippen LogP contribution in [0.15, 0.2) is 4.99 Å². The Morgan fingerprint density at radius 2 is 2.10 bits per heavy atom. The van der Waals surface area contributed by atoms with Crippen LogP contribution in [0.1, 0.15) is 6.92 Å². The highest BCUT2D eigenvalue weighted by molar-refractivity contribution is 7.80. The number of nitrogens with one attached hydrogen (secondary N) is 2. The van der Waals surface area contributed by atoms with Gasteiger partial charge in [-0.25, -0.2) is 0 Å². The molecule has 2 rings (SSSR count). The molecule has 2 N–H and O–H groups in total. The van der Waals surface area contributed by atoms with Crippen molar-refractivity contribution in [2.24, 2.45) is 10.9 Å². The molecule has 0 aromatic carbocycles. The van der Waals surface area contributed by atoms with Gasteiger partial charge >= 0.3 is 0 Å². The van der Waals surface area contributed by atoms with E-state index in [1.165, 1.54) is 11.1 Å². The lowest BCUT2D eigenvalue weighted by molar-refractivity contribution is -0.137. The summed E-state index contributed by atoms with van der Waals surface area (Å²) in [6, 6.07) is 0. The van der Waals surface area contributed by atoms with E-state index >= 15 is 0 Å². The quantitative estimate of drug-likeness (QED) is 0.381. The average Bonchev–Trinajstić information content (AvgIpc) is 2.47. The molecule has 116 valence electrons. The number of rotatable bonds is 5. The van der Waals surface area contributed by atoms with Crippen LogP contribution in [0.5, 0.6) is 0 Å². The summed E-state index contributed by atoms with van der Waals surface area (Å²) in [7, 11) is 0. The van der Waals surface area contributed by atoms with Gasteiger partial charge < -0.3 is 10.6 Å². The van der Waals surface area contributed by atoms with E-state index in [0.29, 0.717) is 13.1 Å². The van der Waals surface area contributed by atoms with Gasteiger partial charge in [0.05, 0.1) is 6.54 Å². The highest BCUT2D eigenvalue weighted by Gasteiger charge is 2.36. The molecule has 21 heavy (non-hydrogen) atoms. The van der Waals surface area contributed by atoms with E-state index in [2.05, 4.69) is 20.5 Å². The molecule has 2 heterocycles. The second kappa shape index (κ2) is 7.58. The van der Waals surface area contributed by atoms with Crippen LogP contribution in [0.2, 0.25) is 0 Å². The summed E-state index contributed by atoms with van der Waals surface area (Å²) in [6.07, 6.45) is 1.45. The zero-order valence-electron chi connectivity index (χ0n) is 12.2. The van der Waals surface area contributed by atoms with Crippen molar-refractivity contribution in [3.05, 3.63) is 0 Å². The van der Waals surface area contributed by atoms with E-state index in [0.717, 1.165) is 32.7 Å². The highest BCUT2D eigenvalue weighted by Crippen LogP contribution is 2.08. The summed E-state index contributed by atoms with van der Waals surface area (Å²) in [5.74, 6) is -1.54. The molecule has 2 amide bonds. The van der Waals surface area contributed by atoms with Gasteiger partial charge in [-0.2, -0.15) is 0 Å². The molecule has 2 aliphatic heterocycles. The van der Waals surface area contributed by atoms with E-state index in [-0.39, 0.29) is 16.9 Å². The first-order valence-electron chi connectivity index (χ1n) is 7.22. The maximum absolute atomic E-state index is 12.1. The van der Waals surface area contributed by atoms with E-state index in [1.54, 1.807) is 0 Å². The molecule has 2 aliphatic rings. The SMILES string of the molecule is CCN1C(=O)[C@@H](C=NCCN2CCNCC2)C(=O)NC1=S. The predicted molar refractivity (Wildman–Crippen MR) is 84.3 cm³/mol. The van der Waals surface area contributed by atoms with Crippen molar-refractivity contribution in [3.8, 4) is 0 Å². The number of amides is 2. The highest BCUT2D eigenvalue weighted by atomic mass is 32.1. The zero-order valence-corrected chi connectivity index (χ0v) is 13.0. The lowest BCUT2D eigenvalue weighted by atomic mass is 10.1. The van der Waals surface area contributed by atoms with Crippen molar-refractivity contribution in [2.75, 3.05) is 45.8 Å². The van der Waals surface area contributed by atoms with Crippen LogP contribution in [-0.2, 0) is 9.59 Å². The Bertz CT molecular complexity index is 448. The Hall–Kier alpha value is -1.38. The minimum Gasteiger partial charge on any atom is -0.314 e. The van der Waals surface area contributed by atoms with Crippen LogP contribution in [0, 0.1) is 5.92 Å². The van der Waals surface area contributed by atoms with Crippen molar-refractivity contribution in [1.82, 2.24) is 20.4 Å². The second-order valence-electron chi connectivity index (χ2n) is 5.00. The van der Waals surface area contributed by atoms with E-state index in [1.807, 2.05) is 6.92 Å². The maximum Gasteiger partial charge on any atom is 0.246 e. The first-order chi connectivity index (χ1) is 10.1. The molecule has 0 aliphatic carbocycles. The number of aliphatic imine (C=N–C) groups is 1. The number of thiocarbonyl (C=S) groups is 1. The number of nitrogens with zero attached hydrogens (tertiary/aromatic N) is 3. The molecule has 8 heteroatoms. The molecule has 0 saturated carbocycles. The van der Waals surface area contributed by atoms with E-state index in [9.17, 15) is 9.59 Å². The average molecular weight is 311 g/mol. The molecule has 0 aromatic rings. The Morgan fingerprint density at radius 3 is 2.76 bits per heavy atom. The van der Waals surface area contributed by atoms with Gasteiger partial charge in [-0.3, -0.25) is 24.4 Å². The largest absolute Gasteiger partial charge is 0.314 e. The number of carbonyl (C=O) groups excluding carboxylic acids is 2. The standard InChI is InChI=1S/C13H21N5O2S/c1-2-18-12(20)10(11(19)16-13(18)21)9-15-5-8-17-6-3-14-4-7-17/h9-10,14H,2-8H2,1H3,(H,16,19,21)/t10-/m0/s1.